The number of hydrogen-bond acceptors (Lipinski definition) is 7. The van der Waals surface area contributed by atoms with Gasteiger partial charge in [-0.15, -0.1) is 0 Å². The minimum Gasteiger partial charge on any atom is -0.497 e. The number of para-hydroxylation sites is 1. The standard InChI is InChI=1S/C23H23N3O4/c1-3-29-22(27)19-14-24-23(26-12-11-17-8-4-5-10-20(17)26)25-21(19)30-15-16-7-6-9-18(13-16)28-2/h4-10,13-14H,3,11-12,15H2,1-2H3. The molecule has 4 rings (SSSR count). The van der Waals surface area contributed by atoms with Crippen molar-refractivity contribution in [2.75, 3.05) is 25.2 Å². The molecule has 154 valence electrons. The fourth-order valence-corrected chi connectivity index (χ4v) is 3.41. The number of rotatable bonds is 7. The maximum atomic E-state index is 12.4. The normalized spacial score (nSPS) is 12.4. The SMILES string of the molecule is CCOC(=O)c1cnc(N2CCc3ccccc32)nc1OCc1cccc(OC)c1. The van der Waals surface area contributed by atoms with Crippen molar-refractivity contribution in [3.63, 3.8) is 0 Å². The van der Waals surface area contributed by atoms with Crippen LogP contribution in [0.2, 0.25) is 0 Å². The Kier molecular flexibility index (Phi) is 5.79. The van der Waals surface area contributed by atoms with Gasteiger partial charge in [0.1, 0.15) is 17.9 Å². The molecule has 1 aromatic heterocycles. The van der Waals surface area contributed by atoms with Crippen LogP contribution in [0.4, 0.5) is 11.6 Å². The lowest BCUT2D eigenvalue weighted by Crippen LogP contribution is -2.18. The lowest BCUT2D eigenvalue weighted by atomic mass is 10.2. The molecule has 0 aliphatic carbocycles. The molecule has 0 N–H and O–H groups in total. The first-order valence-corrected chi connectivity index (χ1v) is 9.85. The van der Waals surface area contributed by atoms with Gasteiger partial charge < -0.3 is 19.1 Å². The van der Waals surface area contributed by atoms with Crippen LogP contribution in [0.1, 0.15) is 28.4 Å². The van der Waals surface area contributed by atoms with Gasteiger partial charge in [-0.25, -0.2) is 9.78 Å². The third-order valence-corrected chi connectivity index (χ3v) is 4.87. The fourth-order valence-electron chi connectivity index (χ4n) is 3.41. The first kappa shape index (κ1) is 19.7. The third-order valence-electron chi connectivity index (χ3n) is 4.87. The monoisotopic (exact) mass is 405 g/mol. The van der Waals surface area contributed by atoms with Crippen molar-refractivity contribution in [2.24, 2.45) is 0 Å². The second-order valence-corrected chi connectivity index (χ2v) is 6.78. The van der Waals surface area contributed by atoms with E-state index in [1.165, 1.54) is 11.8 Å². The quantitative estimate of drug-likeness (QED) is 0.551. The molecule has 3 aromatic rings. The zero-order valence-electron chi connectivity index (χ0n) is 17.0. The molecular formula is C23H23N3O4. The summed E-state index contributed by atoms with van der Waals surface area (Å²) in [5.41, 5.74) is 3.42. The van der Waals surface area contributed by atoms with Crippen molar-refractivity contribution in [2.45, 2.75) is 20.0 Å². The predicted octanol–water partition coefficient (Wildman–Crippen LogP) is 3.94. The molecule has 0 unspecified atom stereocenters. The minimum absolute atomic E-state index is 0.200. The van der Waals surface area contributed by atoms with Crippen LogP contribution in [0.25, 0.3) is 0 Å². The van der Waals surface area contributed by atoms with Gasteiger partial charge in [-0.05, 0) is 42.7 Å². The number of fused-ring (bicyclic) bond motifs is 1. The Balaban J connectivity index is 1.64. The molecule has 1 aliphatic heterocycles. The van der Waals surface area contributed by atoms with Crippen molar-refractivity contribution in [1.82, 2.24) is 9.97 Å². The van der Waals surface area contributed by atoms with Crippen LogP contribution in [0.15, 0.2) is 54.7 Å². The average Bonchev–Trinajstić information content (AvgIpc) is 3.22. The Labute approximate surface area is 175 Å². The molecule has 7 nitrogen and oxygen atoms in total. The molecule has 0 bridgehead atoms. The first-order chi connectivity index (χ1) is 14.7. The van der Waals surface area contributed by atoms with Gasteiger partial charge in [0, 0.05) is 12.2 Å². The fraction of sp³-hybridized carbons (Fsp3) is 0.261. The zero-order valence-corrected chi connectivity index (χ0v) is 17.0. The van der Waals surface area contributed by atoms with Gasteiger partial charge in [0.05, 0.1) is 19.9 Å². The number of nitrogens with zero attached hydrogens (tertiary/aromatic N) is 3. The Morgan fingerprint density at radius 2 is 2.03 bits per heavy atom. The largest absolute Gasteiger partial charge is 0.497 e. The van der Waals surface area contributed by atoms with E-state index in [0.29, 0.717) is 5.95 Å². The van der Waals surface area contributed by atoms with Crippen LogP contribution >= 0.6 is 0 Å². The maximum Gasteiger partial charge on any atom is 0.345 e. The highest BCUT2D eigenvalue weighted by Gasteiger charge is 2.25. The topological polar surface area (TPSA) is 73.8 Å². The van der Waals surface area contributed by atoms with Crippen LogP contribution in [-0.4, -0.2) is 36.2 Å². The average molecular weight is 405 g/mol. The highest BCUT2D eigenvalue weighted by Crippen LogP contribution is 2.33. The number of benzene rings is 2. The smallest absolute Gasteiger partial charge is 0.345 e. The molecule has 0 amide bonds. The van der Waals surface area contributed by atoms with E-state index in [1.54, 1.807) is 14.0 Å². The van der Waals surface area contributed by atoms with Gasteiger partial charge in [-0.1, -0.05) is 30.3 Å². The molecule has 2 aromatic carbocycles. The van der Waals surface area contributed by atoms with Gasteiger partial charge >= 0.3 is 5.97 Å². The number of hydrogen-bond donors (Lipinski definition) is 0. The van der Waals surface area contributed by atoms with Crippen molar-refractivity contribution in [1.29, 1.82) is 0 Å². The summed E-state index contributed by atoms with van der Waals surface area (Å²) in [6, 6.07) is 15.7. The van der Waals surface area contributed by atoms with E-state index in [4.69, 9.17) is 14.2 Å². The summed E-state index contributed by atoms with van der Waals surface area (Å²) >= 11 is 0. The van der Waals surface area contributed by atoms with E-state index < -0.39 is 5.97 Å². The van der Waals surface area contributed by atoms with Crippen molar-refractivity contribution >= 4 is 17.6 Å². The number of carbonyl (C=O) groups excluding carboxylic acids is 1. The summed E-state index contributed by atoms with van der Waals surface area (Å²) < 4.78 is 16.3. The van der Waals surface area contributed by atoms with Crippen LogP contribution in [-0.2, 0) is 17.8 Å². The second kappa shape index (κ2) is 8.82. The lowest BCUT2D eigenvalue weighted by Gasteiger charge is -2.19. The maximum absolute atomic E-state index is 12.4. The minimum atomic E-state index is -0.508. The third kappa shape index (κ3) is 4.05. The van der Waals surface area contributed by atoms with Gasteiger partial charge in [0.15, 0.2) is 0 Å². The predicted molar refractivity (Wildman–Crippen MR) is 112 cm³/mol. The van der Waals surface area contributed by atoms with E-state index in [-0.39, 0.29) is 24.7 Å². The van der Waals surface area contributed by atoms with E-state index in [0.717, 1.165) is 30.0 Å². The molecule has 0 radical (unpaired) electrons. The summed E-state index contributed by atoms with van der Waals surface area (Å²) in [5, 5.41) is 0. The molecule has 0 spiro atoms. The number of methoxy groups -OCH3 is 1. The number of ether oxygens (including phenoxy) is 3. The number of esters is 1. The molecule has 30 heavy (non-hydrogen) atoms. The van der Waals surface area contributed by atoms with Gasteiger partial charge in [-0.3, -0.25) is 0 Å². The van der Waals surface area contributed by atoms with Gasteiger partial charge in [-0.2, -0.15) is 4.98 Å². The number of aromatic nitrogens is 2. The van der Waals surface area contributed by atoms with Crippen molar-refractivity contribution < 1.29 is 19.0 Å². The van der Waals surface area contributed by atoms with Crippen molar-refractivity contribution in [3.8, 4) is 11.6 Å². The summed E-state index contributed by atoms with van der Waals surface area (Å²) in [6.45, 7) is 3.02. The van der Waals surface area contributed by atoms with Crippen LogP contribution in [0.5, 0.6) is 11.6 Å². The Morgan fingerprint density at radius 3 is 2.87 bits per heavy atom. The first-order valence-electron chi connectivity index (χ1n) is 9.85. The summed E-state index contributed by atoms with van der Waals surface area (Å²) in [7, 11) is 1.61. The van der Waals surface area contributed by atoms with Crippen molar-refractivity contribution in [3.05, 3.63) is 71.4 Å². The Hall–Kier alpha value is -3.61. The van der Waals surface area contributed by atoms with Gasteiger partial charge in [0.2, 0.25) is 11.8 Å². The van der Waals surface area contributed by atoms with Crippen LogP contribution in [0, 0.1) is 0 Å². The van der Waals surface area contributed by atoms with Crippen LogP contribution < -0.4 is 14.4 Å². The van der Waals surface area contributed by atoms with E-state index in [2.05, 4.69) is 16.0 Å². The molecule has 2 heterocycles. The second-order valence-electron chi connectivity index (χ2n) is 6.78. The zero-order chi connectivity index (χ0) is 20.9. The van der Waals surface area contributed by atoms with E-state index >= 15 is 0 Å². The molecule has 0 atom stereocenters. The van der Waals surface area contributed by atoms with E-state index in [9.17, 15) is 4.79 Å². The highest BCUT2D eigenvalue weighted by molar-refractivity contribution is 5.91. The molecule has 0 saturated heterocycles. The number of anilines is 2. The summed E-state index contributed by atoms with van der Waals surface area (Å²) in [5.74, 6) is 0.921. The Bertz CT molecular complexity index is 1050. The lowest BCUT2D eigenvalue weighted by molar-refractivity contribution is 0.0519. The molecule has 1 aliphatic rings. The summed E-state index contributed by atoms with van der Waals surface area (Å²) in [4.78, 5) is 23.4. The highest BCUT2D eigenvalue weighted by atomic mass is 16.5. The molecule has 0 fully saturated rings. The molecule has 0 saturated carbocycles. The Morgan fingerprint density at radius 1 is 1.17 bits per heavy atom. The molecular weight excluding hydrogens is 382 g/mol. The number of carbonyl (C=O) groups is 1. The van der Waals surface area contributed by atoms with Gasteiger partial charge in [0.25, 0.3) is 0 Å². The summed E-state index contributed by atoms with van der Waals surface area (Å²) in [6.07, 6.45) is 2.39. The van der Waals surface area contributed by atoms with E-state index in [1.807, 2.05) is 47.4 Å². The molecule has 7 heteroatoms. The van der Waals surface area contributed by atoms with Crippen LogP contribution in [0.3, 0.4) is 0 Å².